The largest absolute Gasteiger partial charge is 0.447 e. The van der Waals surface area contributed by atoms with Gasteiger partial charge < -0.3 is 10.5 Å². The van der Waals surface area contributed by atoms with Crippen molar-refractivity contribution < 1.29 is 9.53 Å². The van der Waals surface area contributed by atoms with Crippen LogP contribution in [-0.2, 0) is 16.6 Å². The summed E-state index contributed by atoms with van der Waals surface area (Å²) in [6.45, 7) is 1.07. The molecule has 1 saturated carbocycles. The van der Waals surface area contributed by atoms with Crippen LogP contribution in [0.1, 0.15) is 36.8 Å². The van der Waals surface area contributed by atoms with Gasteiger partial charge in [-0.2, -0.15) is 0 Å². The zero-order valence-electron chi connectivity index (χ0n) is 16.0. The first-order valence-electron chi connectivity index (χ1n) is 10.1. The molecule has 4 nitrogen and oxygen atoms in total. The molecule has 28 heavy (non-hydrogen) atoms. The Kier molecular flexibility index (Phi) is 5.61. The molecule has 1 aliphatic carbocycles. The first-order chi connectivity index (χ1) is 13.6. The zero-order chi connectivity index (χ0) is 19.6. The number of carbonyl (C=O) groups is 1. The summed E-state index contributed by atoms with van der Waals surface area (Å²) in [5.74, 6) is 0. The second-order valence-corrected chi connectivity index (χ2v) is 8.49. The van der Waals surface area contributed by atoms with Crippen molar-refractivity contribution in [1.82, 2.24) is 4.90 Å². The predicted molar refractivity (Wildman–Crippen MR) is 112 cm³/mol. The van der Waals surface area contributed by atoms with Crippen LogP contribution in [0, 0.1) is 0 Å². The number of nitrogens with zero attached hydrogens (tertiary/aromatic N) is 1. The van der Waals surface area contributed by atoms with Crippen molar-refractivity contribution in [1.29, 1.82) is 0 Å². The van der Waals surface area contributed by atoms with E-state index in [0.717, 1.165) is 37.1 Å². The number of ether oxygens (including phenoxy) is 1. The Morgan fingerprint density at radius 2 is 1.86 bits per heavy atom. The van der Waals surface area contributed by atoms with Crippen molar-refractivity contribution in [3.05, 3.63) is 70.7 Å². The van der Waals surface area contributed by atoms with E-state index in [1.165, 1.54) is 11.1 Å². The van der Waals surface area contributed by atoms with Crippen LogP contribution in [-0.4, -0.2) is 36.2 Å². The minimum absolute atomic E-state index is 0.0556. The summed E-state index contributed by atoms with van der Waals surface area (Å²) in [4.78, 5) is 14.5. The number of hydrogen-bond acceptors (Lipinski definition) is 3. The highest BCUT2D eigenvalue weighted by Crippen LogP contribution is 2.42. The van der Waals surface area contributed by atoms with Gasteiger partial charge in [-0.15, -0.1) is 0 Å². The molecule has 2 N–H and O–H groups in total. The molecule has 1 amide bonds. The van der Waals surface area contributed by atoms with Crippen LogP contribution >= 0.6 is 11.6 Å². The van der Waals surface area contributed by atoms with E-state index in [4.69, 9.17) is 22.1 Å². The number of halogens is 1. The first kappa shape index (κ1) is 19.3. The SMILES string of the molecule is NC[C@]1(c2cccc(Cl)c2)CC[C@H](N2C(=O)OC[C@@H]2Cc2ccccc2)CC1. The normalized spacial score (nSPS) is 27.6. The van der Waals surface area contributed by atoms with E-state index in [9.17, 15) is 4.79 Å². The summed E-state index contributed by atoms with van der Waals surface area (Å²) < 4.78 is 5.43. The molecule has 1 atom stereocenters. The summed E-state index contributed by atoms with van der Waals surface area (Å²) in [5.41, 5.74) is 8.62. The fourth-order valence-electron chi connectivity index (χ4n) is 4.82. The third-order valence-electron chi connectivity index (χ3n) is 6.45. The van der Waals surface area contributed by atoms with Crippen LogP contribution < -0.4 is 5.73 Å². The Hall–Kier alpha value is -2.04. The van der Waals surface area contributed by atoms with E-state index in [0.29, 0.717) is 13.2 Å². The molecule has 2 aromatic carbocycles. The average Bonchev–Trinajstić information content (AvgIpc) is 3.09. The fourth-order valence-corrected chi connectivity index (χ4v) is 5.01. The molecule has 1 aliphatic heterocycles. The molecule has 148 valence electrons. The van der Waals surface area contributed by atoms with Crippen molar-refractivity contribution >= 4 is 17.7 Å². The van der Waals surface area contributed by atoms with Gasteiger partial charge in [0.25, 0.3) is 0 Å². The third-order valence-corrected chi connectivity index (χ3v) is 6.69. The van der Waals surface area contributed by atoms with Crippen LogP contribution in [0.4, 0.5) is 4.79 Å². The molecule has 0 bridgehead atoms. The van der Waals surface area contributed by atoms with Crippen LogP contribution in [0.25, 0.3) is 0 Å². The second kappa shape index (κ2) is 8.14. The third kappa shape index (κ3) is 3.76. The number of hydrogen-bond donors (Lipinski definition) is 1. The van der Waals surface area contributed by atoms with Gasteiger partial charge in [-0.05, 0) is 55.4 Å². The van der Waals surface area contributed by atoms with E-state index in [2.05, 4.69) is 18.2 Å². The standard InChI is InChI=1S/C23H27ClN2O2/c24-19-8-4-7-18(14-19)23(16-25)11-9-20(10-12-23)26-21(15-28-22(26)27)13-17-5-2-1-3-6-17/h1-8,14,20-21H,9-13,15-16,25H2/t20-,21-,23-/m0/s1. The lowest BCUT2D eigenvalue weighted by molar-refractivity contribution is 0.117. The van der Waals surface area contributed by atoms with Gasteiger partial charge in [-0.1, -0.05) is 54.1 Å². The van der Waals surface area contributed by atoms with Gasteiger partial charge in [0.05, 0.1) is 6.04 Å². The molecular weight excluding hydrogens is 372 g/mol. The highest BCUT2D eigenvalue weighted by Gasteiger charge is 2.43. The van der Waals surface area contributed by atoms with Crippen molar-refractivity contribution in [3.63, 3.8) is 0 Å². The molecule has 2 fully saturated rings. The molecule has 0 radical (unpaired) electrons. The Balaban J connectivity index is 1.47. The number of amides is 1. The van der Waals surface area contributed by atoms with Gasteiger partial charge in [0.1, 0.15) is 6.61 Å². The van der Waals surface area contributed by atoms with Gasteiger partial charge in [-0.3, -0.25) is 4.90 Å². The lowest BCUT2D eigenvalue weighted by atomic mass is 9.68. The fraction of sp³-hybridized carbons (Fsp3) is 0.435. The minimum atomic E-state index is -0.172. The van der Waals surface area contributed by atoms with E-state index in [1.807, 2.05) is 41.3 Å². The van der Waals surface area contributed by atoms with E-state index in [1.54, 1.807) is 0 Å². The Bertz CT molecular complexity index is 818. The molecule has 1 heterocycles. The number of nitrogens with two attached hydrogens (primary N) is 1. The monoisotopic (exact) mass is 398 g/mol. The summed E-state index contributed by atoms with van der Waals surface area (Å²) in [6.07, 6.45) is 4.44. The Morgan fingerprint density at radius 1 is 1.11 bits per heavy atom. The summed E-state index contributed by atoms with van der Waals surface area (Å²) in [6, 6.07) is 18.7. The van der Waals surface area contributed by atoms with Crippen LogP contribution in [0.15, 0.2) is 54.6 Å². The lowest BCUT2D eigenvalue weighted by Crippen LogP contribution is -2.49. The Labute approximate surface area is 171 Å². The minimum Gasteiger partial charge on any atom is -0.447 e. The molecule has 4 rings (SSSR count). The van der Waals surface area contributed by atoms with Crippen molar-refractivity contribution in [2.75, 3.05) is 13.2 Å². The predicted octanol–water partition coefficient (Wildman–Crippen LogP) is 4.54. The number of rotatable bonds is 5. The first-order valence-corrected chi connectivity index (χ1v) is 10.4. The highest BCUT2D eigenvalue weighted by atomic mass is 35.5. The second-order valence-electron chi connectivity index (χ2n) is 8.05. The van der Waals surface area contributed by atoms with Gasteiger partial charge in [0, 0.05) is 23.0 Å². The quantitative estimate of drug-likeness (QED) is 0.804. The number of cyclic esters (lactones) is 1. The van der Waals surface area contributed by atoms with Crippen molar-refractivity contribution in [2.45, 2.75) is 49.6 Å². The smallest absolute Gasteiger partial charge is 0.410 e. The molecule has 0 unspecified atom stereocenters. The molecular formula is C23H27ClN2O2. The van der Waals surface area contributed by atoms with Crippen LogP contribution in [0.2, 0.25) is 5.02 Å². The van der Waals surface area contributed by atoms with E-state index >= 15 is 0 Å². The highest BCUT2D eigenvalue weighted by molar-refractivity contribution is 6.30. The Morgan fingerprint density at radius 3 is 2.54 bits per heavy atom. The molecule has 0 spiro atoms. The lowest BCUT2D eigenvalue weighted by Gasteiger charge is -2.43. The zero-order valence-corrected chi connectivity index (χ0v) is 16.8. The molecule has 0 aromatic heterocycles. The van der Waals surface area contributed by atoms with Crippen molar-refractivity contribution in [2.24, 2.45) is 5.73 Å². The van der Waals surface area contributed by atoms with E-state index in [-0.39, 0.29) is 23.6 Å². The van der Waals surface area contributed by atoms with E-state index < -0.39 is 0 Å². The number of benzene rings is 2. The molecule has 5 heteroatoms. The maximum Gasteiger partial charge on any atom is 0.410 e. The topological polar surface area (TPSA) is 55.6 Å². The van der Waals surface area contributed by atoms with Crippen molar-refractivity contribution in [3.8, 4) is 0 Å². The van der Waals surface area contributed by atoms with Gasteiger partial charge in [0.15, 0.2) is 0 Å². The maximum atomic E-state index is 12.5. The summed E-state index contributed by atoms with van der Waals surface area (Å²) in [7, 11) is 0. The number of carbonyl (C=O) groups excluding carboxylic acids is 1. The van der Waals surface area contributed by atoms with Gasteiger partial charge in [0.2, 0.25) is 0 Å². The van der Waals surface area contributed by atoms with Crippen LogP contribution in [0.3, 0.4) is 0 Å². The van der Waals surface area contributed by atoms with Gasteiger partial charge in [-0.25, -0.2) is 4.79 Å². The molecule has 1 saturated heterocycles. The maximum absolute atomic E-state index is 12.5. The van der Waals surface area contributed by atoms with Crippen LogP contribution in [0.5, 0.6) is 0 Å². The summed E-state index contributed by atoms with van der Waals surface area (Å²) >= 11 is 6.22. The molecule has 2 aromatic rings. The summed E-state index contributed by atoms with van der Waals surface area (Å²) in [5, 5.41) is 0.749. The molecule has 2 aliphatic rings. The van der Waals surface area contributed by atoms with Gasteiger partial charge >= 0.3 is 6.09 Å². The average molecular weight is 399 g/mol.